The van der Waals surface area contributed by atoms with Crippen molar-refractivity contribution in [3.8, 4) is 28.3 Å². The Morgan fingerprint density at radius 2 is 2.07 bits per heavy atom. The van der Waals surface area contributed by atoms with Gasteiger partial charge in [-0.2, -0.15) is 0 Å². The van der Waals surface area contributed by atoms with Crippen molar-refractivity contribution >= 4 is 5.97 Å². The first-order valence-electron chi connectivity index (χ1n) is 9.95. The number of carboxylic acid groups (broad SMARTS) is 1. The van der Waals surface area contributed by atoms with Gasteiger partial charge in [0.05, 0.1) is 42.8 Å². The maximum Gasteiger partial charge on any atom is 0.337 e. The van der Waals surface area contributed by atoms with Crippen molar-refractivity contribution in [1.82, 2.24) is 9.97 Å². The monoisotopic (exact) mass is 405 g/mol. The number of pyridine rings is 1. The SMILES string of the molecule is COc1ccc(-c2cc3c(cn2)CCc2c-3[nH]c(CC3(N)COC3)c2C(=O)O)cc1. The van der Waals surface area contributed by atoms with Crippen molar-refractivity contribution < 1.29 is 19.4 Å². The highest BCUT2D eigenvalue weighted by molar-refractivity contribution is 5.95. The van der Waals surface area contributed by atoms with E-state index in [1.807, 2.05) is 36.5 Å². The third kappa shape index (κ3) is 3.07. The van der Waals surface area contributed by atoms with Crippen LogP contribution in [0.4, 0.5) is 0 Å². The molecule has 1 aromatic carbocycles. The Bertz CT molecular complexity index is 1130. The molecule has 0 bridgehead atoms. The van der Waals surface area contributed by atoms with Gasteiger partial charge in [-0.1, -0.05) is 0 Å². The third-order valence-corrected chi connectivity index (χ3v) is 5.99. The first kappa shape index (κ1) is 18.8. The van der Waals surface area contributed by atoms with Gasteiger partial charge in [0.25, 0.3) is 0 Å². The molecule has 5 rings (SSSR count). The topological polar surface area (TPSA) is 110 Å². The predicted octanol–water partition coefficient (Wildman–Crippen LogP) is 2.82. The molecule has 154 valence electrons. The Balaban J connectivity index is 1.59. The molecule has 0 unspecified atom stereocenters. The third-order valence-electron chi connectivity index (χ3n) is 5.99. The maximum atomic E-state index is 12.1. The molecule has 2 aromatic heterocycles. The smallest absolute Gasteiger partial charge is 0.337 e. The van der Waals surface area contributed by atoms with Gasteiger partial charge in [-0.3, -0.25) is 4.98 Å². The van der Waals surface area contributed by atoms with Crippen molar-refractivity contribution in [2.24, 2.45) is 5.73 Å². The van der Waals surface area contributed by atoms with E-state index < -0.39 is 11.5 Å². The van der Waals surface area contributed by atoms with Gasteiger partial charge in [-0.15, -0.1) is 0 Å². The molecular formula is C23H23N3O4. The van der Waals surface area contributed by atoms with Crippen molar-refractivity contribution in [2.75, 3.05) is 20.3 Å². The number of nitrogens with two attached hydrogens (primary N) is 1. The van der Waals surface area contributed by atoms with Crippen molar-refractivity contribution in [1.29, 1.82) is 0 Å². The number of benzene rings is 1. The molecule has 7 nitrogen and oxygen atoms in total. The van der Waals surface area contributed by atoms with Crippen LogP contribution in [0.5, 0.6) is 5.75 Å². The minimum atomic E-state index is -0.917. The highest BCUT2D eigenvalue weighted by Gasteiger charge is 2.38. The van der Waals surface area contributed by atoms with E-state index in [0.29, 0.717) is 37.3 Å². The molecular weight excluding hydrogens is 382 g/mol. The molecule has 2 aliphatic rings. The summed E-state index contributed by atoms with van der Waals surface area (Å²) < 4.78 is 10.5. The Hall–Kier alpha value is -3.16. The molecule has 0 amide bonds. The van der Waals surface area contributed by atoms with Gasteiger partial charge in [-0.25, -0.2) is 4.79 Å². The van der Waals surface area contributed by atoms with E-state index in [1.54, 1.807) is 7.11 Å². The molecule has 4 N–H and O–H groups in total. The van der Waals surface area contributed by atoms with E-state index in [9.17, 15) is 9.90 Å². The predicted molar refractivity (Wildman–Crippen MR) is 112 cm³/mol. The summed E-state index contributed by atoms with van der Waals surface area (Å²) in [6, 6.07) is 9.77. The molecule has 0 spiro atoms. The first-order chi connectivity index (χ1) is 14.5. The van der Waals surface area contributed by atoms with Gasteiger partial charge in [-0.05, 0) is 54.3 Å². The summed E-state index contributed by atoms with van der Waals surface area (Å²) in [7, 11) is 1.64. The van der Waals surface area contributed by atoms with Crippen molar-refractivity contribution in [3.05, 3.63) is 58.9 Å². The molecule has 0 saturated carbocycles. The first-order valence-corrected chi connectivity index (χ1v) is 9.95. The quantitative estimate of drug-likeness (QED) is 0.602. The Morgan fingerprint density at radius 3 is 2.70 bits per heavy atom. The minimum Gasteiger partial charge on any atom is -0.497 e. The fourth-order valence-corrected chi connectivity index (χ4v) is 4.38. The van der Waals surface area contributed by atoms with E-state index in [4.69, 9.17) is 15.2 Å². The summed E-state index contributed by atoms with van der Waals surface area (Å²) in [5.74, 6) is -0.131. The highest BCUT2D eigenvalue weighted by atomic mass is 16.5. The second-order valence-corrected chi connectivity index (χ2v) is 8.12. The standard InChI is InChI=1S/C23H23N3O4/c1-29-15-5-2-13(3-6-15)18-8-17-14(10-25-18)4-7-16-20(22(27)28)19(26-21(16)17)9-23(24)11-30-12-23/h2-3,5-6,8,10,26H,4,7,9,11-12,24H2,1H3,(H,27,28). The van der Waals surface area contributed by atoms with Gasteiger partial charge in [0.1, 0.15) is 5.75 Å². The Morgan fingerprint density at radius 1 is 1.30 bits per heavy atom. The average molecular weight is 405 g/mol. The summed E-state index contributed by atoms with van der Waals surface area (Å²) in [5, 5.41) is 9.91. The van der Waals surface area contributed by atoms with E-state index in [1.165, 1.54) is 0 Å². The van der Waals surface area contributed by atoms with Gasteiger partial charge in [0.2, 0.25) is 0 Å². The lowest BCUT2D eigenvalue weighted by Crippen LogP contribution is -2.59. The van der Waals surface area contributed by atoms with Gasteiger partial charge >= 0.3 is 5.97 Å². The molecule has 7 heteroatoms. The average Bonchev–Trinajstić information content (AvgIpc) is 3.10. The second-order valence-electron chi connectivity index (χ2n) is 8.12. The van der Waals surface area contributed by atoms with Crippen LogP contribution >= 0.6 is 0 Å². The van der Waals surface area contributed by atoms with Crippen LogP contribution in [0.25, 0.3) is 22.5 Å². The Kier molecular flexibility index (Phi) is 4.38. The molecule has 0 radical (unpaired) electrons. The highest BCUT2D eigenvalue weighted by Crippen LogP contribution is 2.39. The summed E-state index contributed by atoms with van der Waals surface area (Å²) in [5.41, 5.74) is 12.5. The number of aromatic nitrogens is 2. The molecule has 1 aliphatic carbocycles. The number of H-pyrrole nitrogens is 1. The zero-order chi connectivity index (χ0) is 20.9. The van der Waals surface area contributed by atoms with Crippen LogP contribution in [0, 0.1) is 0 Å². The molecule has 3 aromatic rings. The number of hydrogen-bond acceptors (Lipinski definition) is 5. The number of carbonyl (C=O) groups is 1. The lowest BCUT2D eigenvalue weighted by Gasteiger charge is -2.37. The van der Waals surface area contributed by atoms with Crippen molar-refractivity contribution in [2.45, 2.75) is 24.8 Å². The molecule has 30 heavy (non-hydrogen) atoms. The zero-order valence-electron chi connectivity index (χ0n) is 16.7. The van der Waals surface area contributed by atoms with E-state index in [2.05, 4.69) is 9.97 Å². The largest absolute Gasteiger partial charge is 0.497 e. The van der Waals surface area contributed by atoms with E-state index in [-0.39, 0.29) is 0 Å². The van der Waals surface area contributed by atoms with Crippen LogP contribution in [-0.4, -0.2) is 46.9 Å². The molecule has 0 atom stereocenters. The van der Waals surface area contributed by atoms with Crippen LogP contribution in [0.2, 0.25) is 0 Å². The number of fused-ring (bicyclic) bond motifs is 3. The second kappa shape index (κ2) is 6.97. The van der Waals surface area contributed by atoms with Crippen LogP contribution in [0.15, 0.2) is 36.5 Å². The summed E-state index contributed by atoms with van der Waals surface area (Å²) >= 11 is 0. The number of carboxylic acids is 1. The van der Waals surface area contributed by atoms with Gasteiger partial charge < -0.3 is 25.3 Å². The van der Waals surface area contributed by atoms with Crippen molar-refractivity contribution in [3.63, 3.8) is 0 Å². The lowest BCUT2D eigenvalue weighted by molar-refractivity contribution is -0.0533. The molecule has 1 fully saturated rings. The number of methoxy groups -OCH3 is 1. The van der Waals surface area contributed by atoms with E-state index in [0.717, 1.165) is 45.8 Å². The summed E-state index contributed by atoms with van der Waals surface area (Å²) in [6.07, 6.45) is 3.77. The van der Waals surface area contributed by atoms with Crippen LogP contribution in [-0.2, 0) is 24.0 Å². The number of ether oxygens (including phenoxy) is 2. The lowest BCUT2D eigenvalue weighted by atomic mass is 9.87. The number of rotatable bonds is 5. The minimum absolute atomic E-state index is 0.357. The number of aryl methyl sites for hydroxylation is 1. The van der Waals surface area contributed by atoms with Crippen LogP contribution < -0.4 is 10.5 Å². The van der Waals surface area contributed by atoms with E-state index >= 15 is 0 Å². The number of nitrogens with one attached hydrogen (secondary N) is 1. The molecule has 1 saturated heterocycles. The van der Waals surface area contributed by atoms with Crippen LogP contribution in [0.1, 0.15) is 27.2 Å². The molecule has 3 heterocycles. The molecule has 1 aliphatic heterocycles. The van der Waals surface area contributed by atoms with Gasteiger partial charge in [0.15, 0.2) is 0 Å². The summed E-state index contributed by atoms with van der Waals surface area (Å²) in [6.45, 7) is 0.885. The number of hydrogen-bond donors (Lipinski definition) is 3. The Labute approximate surface area is 173 Å². The maximum absolute atomic E-state index is 12.1. The van der Waals surface area contributed by atoms with Crippen LogP contribution in [0.3, 0.4) is 0 Å². The number of nitrogens with zero attached hydrogens (tertiary/aromatic N) is 1. The fraction of sp³-hybridized carbons (Fsp3) is 0.304. The van der Waals surface area contributed by atoms with Gasteiger partial charge in [0, 0.05) is 29.4 Å². The summed E-state index contributed by atoms with van der Waals surface area (Å²) in [4.78, 5) is 20.1. The normalized spacial score (nSPS) is 16.3. The number of aromatic amines is 1. The number of aromatic carboxylic acids is 1. The zero-order valence-corrected chi connectivity index (χ0v) is 16.7. The fourth-order valence-electron chi connectivity index (χ4n) is 4.38.